The number of carbonyl (C=O) groups is 1. The van der Waals surface area contributed by atoms with E-state index in [4.69, 9.17) is 4.52 Å². The molecule has 2 aromatic carbocycles. The number of hydrogen-bond acceptors (Lipinski definition) is 6. The smallest absolute Gasteiger partial charge is 0.276 e. The molecule has 162 valence electrons. The summed E-state index contributed by atoms with van der Waals surface area (Å²) in [5.74, 6) is 0.331. The van der Waals surface area contributed by atoms with Crippen molar-refractivity contribution in [1.82, 2.24) is 15.0 Å². The summed E-state index contributed by atoms with van der Waals surface area (Å²) in [6.45, 7) is 5.37. The fourth-order valence-corrected chi connectivity index (χ4v) is 4.50. The van der Waals surface area contributed by atoms with Crippen molar-refractivity contribution in [2.75, 3.05) is 31.9 Å². The van der Waals surface area contributed by atoms with Crippen LogP contribution in [0, 0.1) is 0 Å². The zero-order valence-electron chi connectivity index (χ0n) is 17.4. The van der Waals surface area contributed by atoms with Crippen LogP contribution in [0.15, 0.2) is 70.1 Å². The monoisotopic (exact) mass is 439 g/mol. The first-order valence-electron chi connectivity index (χ1n) is 10.3. The number of amides is 1. The predicted molar refractivity (Wildman–Crippen MR) is 117 cm³/mol. The van der Waals surface area contributed by atoms with E-state index in [0.717, 1.165) is 19.6 Å². The Kier molecular flexibility index (Phi) is 6.20. The quantitative estimate of drug-likeness (QED) is 0.587. The van der Waals surface area contributed by atoms with Crippen LogP contribution in [0.4, 0.5) is 0 Å². The van der Waals surface area contributed by atoms with E-state index in [-0.39, 0.29) is 22.2 Å². The Morgan fingerprint density at radius 2 is 1.68 bits per heavy atom. The van der Waals surface area contributed by atoms with Gasteiger partial charge in [0.25, 0.3) is 5.91 Å². The van der Waals surface area contributed by atoms with Gasteiger partial charge in [0.05, 0.1) is 10.6 Å². The molecule has 3 aromatic rings. The summed E-state index contributed by atoms with van der Waals surface area (Å²) in [7, 11) is -3.26. The normalized spacial score (nSPS) is 15.2. The lowest BCUT2D eigenvalue weighted by Gasteiger charge is -2.34. The summed E-state index contributed by atoms with van der Waals surface area (Å²) in [5, 5.41) is 3.94. The molecule has 2 heterocycles. The van der Waals surface area contributed by atoms with Gasteiger partial charge in [0.1, 0.15) is 0 Å². The summed E-state index contributed by atoms with van der Waals surface area (Å²) in [6, 6.07) is 18.3. The van der Waals surface area contributed by atoms with E-state index >= 15 is 0 Å². The molecule has 0 aliphatic carbocycles. The molecule has 31 heavy (non-hydrogen) atoms. The molecule has 4 rings (SSSR count). The van der Waals surface area contributed by atoms with Gasteiger partial charge >= 0.3 is 0 Å². The first-order chi connectivity index (χ1) is 15.0. The van der Waals surface area contributed by atoms with E-state index in [1.165, 1.54) is 5.56 Å². The van der Waals surface area contributed by atoms with Crippen LogP contribution in [0.3, 0.4) is 0 Å². The molecule has 1 aliphatic rings. The minimum Gasteiger partial charge on any atom is -0.355 e. The average molecular weight is 440 g/mol. The summed E-state index contributed by atoms with van der Waals surface area (Å²) < 4.78 is 29.3. The van der Waals surface area contributed by atoms with E-state index in [0.29, 0.717) is 24.4 Å². The highest BCUT2D eigenvalue weighted by atomic mass is 32.2. The molecular formula is C23H25N3O4S. The molecule has 1 aromatic heterocycles. The van der Waals surface area contributed by atoms with E-state index in [1.54, 1.807) is 42.2 Å². The van der Waals surface area contributed by atoms with Crippen molar-refractivity contribution >= 4 is 15.7 Å². The Balaban J connectivity index is 1.37. The maximum absolute atomic E-state index is 12.8. The highest BCUT2D eigenvalue weighted by Gasteiger charge is 2.25. The van der Waals surface area contributed by atoms with Crippen molar-refractivity contribution < 1.29 is 17.7 Å². The molecule has 0 saturated carbocycles. The van der Waals surface area contributed by atoms with Gasteiger partial charge in [0, 0.05) is 44.4 Å². The number of sulfone groups is 1. The number of rotatable bonds is 6. The second-order valence-electron chi connectivity index (χ2n) is 7.56. The minimum absolute atomic E-state index is 0.0475. The molecule has 1 aliphatic heterocycles. The number of piperazine rings is 1. The van der Waals surface area contributed by atoms with Crippen LogP contribution in [0.1, 0.15) is 23.0 Å². The molecule has 0 bridgehead atoms. The summed E-state index contributed by atoms with van der Waals surface area (Å²) in [5.41, 5.74) is 2.20. The van der Waals surface area contributed by atoms with Crippen LogP contribution in [-0.2, 0) is 16.4 Å². The van der Waals surface area contributed by atoms with Crippen LogP contribution < -0.4 is 0 Å². The van der Waals surface area contributed by atoms with Gasteiger partial charge in [-0.3, -0.25) is 9.69 Å². The third kappa shape index (κ3) is 4.86. The van der Waals surface area contributed by atoms with E-state index in [9.17, 15) is 13.2 Å². The minimum atomic E-state index is -3.26. The lowest BCUT2D eigenvalue weighted by molar-refractivity contribution is 0.0618. The van der Waals surface area contributed by atoms with E-state index in [1.807, 2.05) is 18.2 Å². The fourth-order valence-electron chi connectivity index (χ4n) is 3.62. The maximum Gasteiger partial charge on any atom is 0.276 e. The third-order valence-corrected chi connectivity index (χ3v) is 7.27. The second-order valence-corrected chi connectivity index (χ2v) is 9.84. The summed E-state index contributed by atoms with van der Waals surface area (Å²) in [6.07, 6.45) is 0. The van der Waals surface area contributed by atoms with E-state index < -0.39 is 9.84 Å². The topological polar surface area (TPSA) is 83.7 Å². The largest absolute Gasteiger partial charge is 0.355 e. The Bertz CT molecular complexity index is 1130. The van der Waals surface area contributed by atoms with Crippen LogP contribution >= 0.6 is 0 Å². The predicted octanol–water partition coefficient (Wildman–Crippen LogP) is 3.09. The molecule has 7 nitrogen and oxygen atoms in total. The van der Waals surface area contributed by atoms with Gasteiger partial charge in [-0.05, 0) is 29.8 Å². The molecule has 8 heteroatoms. The van der Waals surface area contributed by atoms with Crippen molar-refractivity contribution in [2.24, 2.45) is 0 Å². The van der Waals surface area contributed by atoms with Crippen molar-refractivity contribution in [1.29, 1.82) is 0 Å². The van der Waals surface area contributed by atoms with Crippen LogP contribution in [0.2, 0.25) is 0 Å². The lowest BCUT2D eigenvalue weighted by atomic mass is 10.1. The lowest BCUT2D eigenvalue weighted by Crippen LogP contribution is -2.48. The third-order valence-electron chi connectivity index (χ3n) is 5.52. The molecule has 0 unspecified atom stereocenters. The number of aromatic nitrogens is 1. The Hall–Kier alpha value is -2.97. The number of benzene rings is 2. The molecule has 1 amide bonds. The Morgan fingerprint density at radius 3 is 2.32 bits per heavy atom. The molecule has 0 atom stereocenters. The molecule has 1 fully saturated rings. The summed E-state index contributed by atoms with van der Waals surface area (Å²) in [4.78, 5) is 17.2. The highest BCUT2D eigenvalue weighted by molar-refractivity contribution is 7.91. The average Bonchev–Trinajstić information content (AvgIpc) is 3.30. The maximum atomic E-state index is 12.8. The van der Waals surface area contributed by atoms with Crippen molar-refractivity contribution in [3.05, 3.63) is 71.9 Å². The standard InChI is InChI=1S/C23H25N3O4S/c1-2-31(28,29)20-10-8-19(9-11-20)22-16-21(24-30-22)23(27)26-14-12-25(13-15-26)17-18-6-4-3-5-7-18/h3-11,16H,2,12-15,17H2,1H3. The van der Waals surface area contributed by atoms with Crippen molar-refractivity contribution in [3.63, 3.8) is 0 Å². The van der Waals surface area contributed by atoms with Gasteiger partial charge in [-0.1, -0.05) is 42.4 Å². The van der Waals surface area contributed by atoms with Gasteiger partial charge in [0.2, 0.25) is 0 Å². The van der Waals surface area contributed by atoms with Gasteiger partial charge in [0.15, 0.2) is 21.3 Å². The first kappa shape index (κ1) is 21.3. The first-order valence-corrected chi connectivity index (χ1v) is 12.0. The number of hydrogen-bond donors (Lipinski definition) is 0. The number of carbonyl (C=O) groups excluding carboxylic acids is 1. The summed E-state index contributed by atoms with van der Waals surface area (Å²) >= 11 is 0. The zero-order chi connectivity index (χ0) is 21.8. The molecule has 0 spiro atoms. The van der Waals surface area contributed by atoms with Crippen LogP contribution in [0.25, 0.3) is 11.3 Å². The Morgan fingerprint density at radius 1 is 1.00 bits per heavy atom. The highest BCUT2D eigenvalue weighted by Crippen LogP contribution is 2.23. The molecule has 0 radical (unpaired) electrons. The number of nitrogens with zero attached hydrogens (tertiary/aromatic N) is 3. The van der Waals surface area contributed by atoms with Crippen LogP contribution in [0.5, 0.6) is 0 Å². The van der Waals surface area contributed by atoms with Gasteiger partial charge in [-0.25, -0.2) is 8.42 Å². The Labute approximate surface area is 182 Å². The van der Waals surface area contributed by atoms with E-state index in [2.05, 4.69) is 22.2 Å². The van der Waals surface area contributed by atoms with Crippen LogP contribution in [-0.4, -0.2) is 61.2 Å². The van der Waals surface area contributed by atoms with Gasteiger partial charge in [-0.2, -0.15) is 0 Å². The molecule has 1 saturated heterocycles. The second kappa shape index (κ2) is 9.03. The SMILES string of the molecule is CCS(=O)(=O)c1ccc(-c2cc(C(=O)N3CCN(Cc4ccccc4)CC3)no2)cc1. The zero-order valence-corrected chi connectivity index (χ0v) is 18.2. The van der Waals surface area contributed by atoms with Crippen molar-refractivity contribution in [2.45, 2.75) is 18.4 Å². The molecule has 0 N–H and O–H groups in total. The molecular weight excluding hydrogens is 414 g/mol. The fraction of sp³-hybridized carbons (Fsp3) is 0.304. The van der Waals surface area contributed by atoms with Gasteiger partial charge < -0.3 is 9.42 Å². The van der Waals surface area contributed by atoms with Crippen molar-refractivity contribution in [3.8, 4) is 11.3 Å². The van der Waals surface area contributed by atoms with Gasteiger partial charge in [-0.15, -0.1) is 0 Å².